The zero-order valence-corrected chi connectivity index (χ0v) is 15.3. The second kappa shape index (κ2) is 10.8. The molecule has 1 aromatic carbocycles. The van der Waals surface area contributed by atoms with Gasteiger partial charge >= 0.3 is 5.97 Å². The molecule has 0 spiro atoms. The zero-order chi connectivity index (χ0) is 17.9. The number of methoxy groups -OCH3 is 1. The van der Waals surface area contributed by atoms with Gasteiger partial charge in [0.2, 0.25) is 5.91 Å². The molecule has 0 radical (unpaired) electrons. The van der Waals surface area contributed by atoms with Crippen molar-refractivity contribution in [3.63, 3.8) is 0 Å². The van der Waals surface area contributed by atoms with Crippen LogP contribution in [0.4, 0.5) is 0 Å². The van der Waals surface area contributed by atoms with Crippen molar-refractivity contribution in [1.29, 1.82) is 0 Å². The van der Waals surface area contributed by atoms with E-state index >= 15 is 0 Å². The number of nitrogens with zero attached hydrogens (tertiary/aromatic N) is 2. The molecule has 0 bridgehead atoms. The van der Waals surface area contributed by atoms with Gasteiger partial charge in [-0.1, -0.05) is 51.1 Å². The first-order chi connectivity index (χ1) is 11.5. The number of ether oxygens (including phenoxy) is 1. The van der Waals surface area contributed by atoms with E-state index in [-0.39, 0.29) is 17.8 Å². The number of amides is 1. The number of rotatable bonds is 10. The molecule has 1 unspecified atom stereocenters. The fourth-order valence-corrected chi connectivity index (χ4v) is 2.61. The summed E-state index contributed by atoms with van der Waals surface area (Å²) in [6.07, 6.45) is 0.354. The van der Waals surface area contributed by atoms with Gasteiger partial charge in [0.25, 0.3) is 0 Å². The predicted molar refractivity (Wildman–Crippen MR) is 95.7 cm³/mol. The first kappa shape index (κ1) is 20.2. The van der Waals surface area contributed by atoms with Crippen molar-refractivity contribution in [1.82, 2.24) is 9.80 Å². The molecule has 1 amide bonds. The van der Waals surface area contributed by atoms with E-state index in [1.165, 1.54) is 7.11 Å². The number of hydrogen-bond acceptors (Lipinski definition) is 4. The minimum absolute atomic E-state index is 0.0455. The Morgan fingerprint density at radius 1 is 1.08 bits per heavy atom. The van der Waals surface area contributed by atoms with E-state index in [0.717, 1.165) is 25.2 Å². The van der Waals surface area contributed by atoms with Crippen LogP contribution in [0, 0.1) is 5.92 Å². The van der Waals surface area contributed by atoms with E-state index in [0.29, 0.717) is 19.5 Å². The molecule has 24 heavy (non-hydrogen) atoms. The Hall–Kier alpha value is -1.88. The third kappa shape index (κ3) is 6.71. The lowest BCUT2D eigenvalue weighted by Crippen LogP contribution is -2.42. The normalized spacial score (nSPS) is 12.0. The number of hydrogen-bond donors (Lipinski definition) is 0. The summed E-state index contributed by atoms with van der Waals surface area (Å²) in [6, 6.07) is 9.69. The molecule has 0 heterocycles. The third-order valence-electron chi connectivity index (χ3n) is 4.23. The van der Waals surface area contributed by atoms with E-state index in [1.54, 1.807) is 11.8 Å². The molecule has 0 N–H and O–H groups in total. The molecule has 0 saturated heterocycles. The molecule has 0 aliphatic rings. The topological polar surface area (TPSA) is 49.9 Å². The van der Waals surface area contributed by atoms with Gasteiger partial charge in [-0.2, -0.15) is 0 Å². The Kier molecular flexibility index (Phi) is 9.08. The van der Waals surface area contributed by atoms with E-state index in [9.17, 15) is 9.59 Å². The van der Waals surface area contributed by atoms with Crippen molar-refractivity contribution in [2.45, 2.75) is 27.2 Å². The van der Waals surface area contributed by atoms with Gasteiger partial charge in [-0.3, -0.25) is 9.59 Å². The van der Waals surface area contributed by atoms with Gasteiger partial charge < -0.3 is 14.5 Å². The van der Waals surface area contributed by atoms with Crippen molar-refractivity contribution in [2.75, 3.05) is 39.8 Å². The maximum Gasteiger partial charge on any atom is 0.310 e. The first-order valence-corrected chi connectivity index (χ1v) is 8.63. The summed E-state index contributed by atoms with van der Waals surface area (Å²) in [5.41, 5.74) is 0.987. The Bertz CT molecular complexity index is 501. The molecule has 1 aromatic rings. The van der Waals surface area contributed by atoms with Crippen LogP contribution in [0.5, 0.6) is 0 Å². The van der Waals surface area contributed by atoms with Crippen LogP contribution in [0.25, 0.3) is 0 Å². The number of benzene rings is 1. The molecule has 1 atom stereocenters. The molecule has 1 rings (SSSR count). The van der Waals surface area contributed by atoms with Gasteiger partial charge in [0, 0.05) is 19.6 Å². The summed E-state index contributed by atoms with van der Waals surface area (Å²) in [7, 11) is 1.38. The predicted octanol–water partition coefficient (Wildman–Crippen LogP) is 2.21. The highest BCUT2D eigenvalue weighted by Crippen LogP contribution is 2.08. The summed E-state index contributed by atoms with van der Waals surface area (Å²) in [4.78, 5) is 28.5. The highest BCUT2D eigenvalue weighted by atomic mass is 16.5. The Labute approximate surface area is 145 Å². The molecular weight excluding hydrogens is 304 g/mol. The second-order valence-corrected chi connectivity index (χ2v) is 5.95. The lowest BCUT2D eigenvalue weighted by molar-refractivity contribution is -0.146. The van der Waals surface area contributed by atoms with Crippen LogP contribution >= 0.6 is 0 Å². The average Bonchev–Trinajstić information content (AvgIpc) is 2.61. The minimum atomic E-state index is -0.327. The maximum absolute atomic E-state index is 12.7. The van der Waals surface area contributed by atoms with Gasteiger partial charge in [0.15, 0.2) is 0 Å². The molecule has 0 aliphatic heterocycles. The van der Waals surface area contributed by atoms with E-state index in [1.807, 2.05) is 30.3 Å². The van der Waals surface area contributed by atoms with Crippen LogP contribution in [0.15, 0.2) is 30.3 Å². The van der Waals surface area contributed by atoms with Crippen LogP contribution in [0.3, 0.4) is 0 Å². The van der Waals surface area contributed by atoms with Crippen molar-refractivity contribution in [3.8, 4) is 0 Å². The summed E-state index contributed by atoms with van der Waals surface area (Å²) in [6.45, 7) is 9.72. The molecule has 5 nitrogen and oxygen atoms in total. The average molecular weight is 334 g/mol. The smallest absolute Gasteiger partial charge is 0.310 e. The van der Waals surface area contributed by atoms with Gasteiger partial charge in [0.05, 0.1) is 19.4 Å². The van der Waals surface area contributed by atoms with E-state index in [2.05, 4.69) is 18.7 Å². The highest BCUT2D eigenvalue weighted by molar-refractivity contribution is 5.80. The first-order valence-electron chi connectivity index (χ1n) is 8.63. The monoisotopic (exact) mass is 334 g/mol. The van der Waals surface area contributed by atoms with Gasteiger partial charge in [-0.05, 0) is 18.7 Å². The Morgan fingerprint density at radius 2 is 1.71 bits per heavy atom. The Balaban J connectivity index is 2.74. The minimum Gasteiger partial charge on any atom is -0.469 e. The lowest BCUT2D eigenvalue weighted by Gasteiger charge is -2.28. The highest BCUT2D eigenvalue weighted by Gasteiger charge is 2.22. The summed E-state index contributed by atoms with van der Waals surface area (Å²) in [5.74, 6) is -0.564. The third-order valence-corrected chi connectivity index (χ3v) is 4.23. The standard InChI is InChI=1S/C19H30N2O3/c1-5-20(6-2)12-13-21(15-16(3)19(23)24-4)18(22)14-17-10-8-7-9-11-17/h7-11,16H,5-6,12-15H2,1-4H3. The summed E-state index contributed by atoms with van der Waals surface area (Å²) in [5, 5.41) is 0. The molecule has 0 fully saturated rings. The second-order valence-electron chi connectivity index (χ2n) is 5.95. The largest absolute Gasteiger partial charge is 0.469 e. The lowest BCUT2D eigenvalue weighted by atomic mass is 10.1. The van der Waals surface area contributed by atoms with Gasteiger partial charge in [-0.25, -0.2) is 0 Å². The fraction of sp³-hybridized carbons (Fsp3) is 0.579. The number of carbonyl (C=O) groups excluding carboxylic acids is 2. The van der Waals surface area contributed by atoms with E-state index in [4.69, 9.17) is 4.74 Å². The van der Waals surface area contributed by atoms with Crippen LogP contribution in [0.2, 0.25) is 0 Å². The number of likely N-dealkylation sites (N-methyl/N-ethyl adjacent to an activating group) is 1. The van der Waals surface area contributed by atoms with E-state index < -0.39 is 0 Å². The van der Waals surface area contributed by atoms with Crippen molar-refractivity contribution in [2.24, 2.45) is 5.92 Å². The summed E-state index contributed by atoms with van der Waals surface area (Å²) >= 11 is 0. The van der Waals surface area contributed by atoms with Crippen LogP contribution in [0.1, 0.15) is 26.3 Å². The molecule has 5 heteroatoms. The van der Waals surface area contributed by atoms with Gasteiger partial charge in [0.1, 0.15) is 0 Å². The number of carbonyl (C=O) groups is 2. The summed E-state index contributed by atoms with van der Waals surface area (Å²) < 4.78 is 4.79. The SMILES string of the molecule is CCN(CC)CCN(CC(C)C(=O)OC)C(=O)Cc1ccccc1. The molecule has 134 valence electrons. The molecule has 0 saturated carbocycles. The van der Waals surface area contributed by atoms with Crippen molar-refractivity contribution in [3.05, 3.63) is 35.9 Å². The molecule has 0 aliphatic carbocycles. The number of esters is 1. The van der Waals surface area contributed by atoms with Crippen molar-refractivity contribution < 1.29 is 14.3 Å². The van der Waals surface area contributed by atoms with Crippen LogP contribution in [-0.2, 0) is 20.7 Å². The zero-order valence-electron chi connectivity index (χ0n) is 15.3. The fourth-order valence-electron chi connectivity index (χ4n) is 2.61. The van der Waals surface area contributed by atoms with Crippen LogP contribution in [-0.4, -0.2) is 61.5 Å². The van der Waals surface area contributed by atoms with Crippen molar-refractivity contribution >= 4 is 11.9 Å². The van der Waals surface area contributed by atoms with Crippen LogP contribution < -0.4 is 0 Å². The molecule has 0 aromatic heterocycles. The maximum atomic E-state index is 12.7. The Morgan fingerprint density at radius 3 is 2.25 bits per heavy atom. The van der Waals surface area contributed by atoms with Gasteiger partial charge in [-0.15, -0.1) is 0 Å². The quantitative estimate of drug-likeness (QED) is 0.616. The molecular formula is C19H30N2O3.